The average molecular weight is 480 g/mol. The molecule has 0 saturated carbocycles. The van der Waals surface area contributed by atoms with E-state index in [0.717, 1.165) is 0 Å². The van der Waals surface area contributed by atoms with Gasteiger partial charge >= 0.3 is 0 Å². The molecule has 8 heteroatoms. The Morgan fingerprint density at radius 3 is 2.54 bits per heavy atom. The van der Waals surface area contributed by atoms with Crippen molar-refractivity contribution in [2.24, 2.45) is 10.4 Å². The molecule has 1 unspecified atom stereocenters. The van der Waals surface area contributed by atoms with Crippen LogP contribution < -0.4 is 16.0 Å². The lowest BCUT2D eigenvalue weighted by Gasteiger charge is -2.30. The van der Waals surface area contributed by atoms with Crippen molar-refractivity contribution < 1.29 is 13.9 Å². The van der Waals surface area contributed by atoms with Crippen molar-refractivity contribution in [1.82, 2.24) is 10.6 Å². The zero-order chi connectivity index (χ0) is 18.9. The van der Waals surface area contributed by atoms with Gasteiger partial charge in [-0.15, -0.1) is 24.0 Å². The summed E-state index contributed by atoms with van der Waals surface area (Å²) >= 11 is 0. The van der Waals surface area contributed by atoms with Gasteiger partial charge in [0.1, 0.15) is 12.4 Å². The largest absolute Gasteiger partial charge is 0.379 e. The van der Waals surface area contributed by atoms with Gasteiger partial charge in [-0.1, -0.05) is 26.8 Å². The van der Waals surface area contributed by atoms with Crippen LogP contribution in [0.15, 0.2) is 29.3 Å². The van der Waals surface area contributed by atoms with E-state index in [-0.39, 0.29) is 47.9 Å². The summed E-state index contributed by atoms with van der Waals surface area (Å²) in [4.78, 5) is 16.2. The lowest BCUT2D eigenvalue weighted by molar-refractivity contribution is -0.114. The van der Waals surface area contributed by atoms with E-state index in [1.54, 1.807) is 13.2 Å². The van der Waals surface area contributed by atoms with Crippen LogP contribution in [0, 0.1) is 11.2 Å². The molecule has 0 aliphatic rings. The molecule has 1 aromatic carbocycles. The maximum Gasteiger partial charge on any atom is 0.246 e. The monoisotopic (exact) mass is 480 g/mol. The standard InChI is InChI=1S/C18H29FN4O2.HI/c1-6-20-17(21-11-15(25-5)18(2,3)4)22-12-16(24)23-14-9-7-8-13(19)10-14;/h7-10,15H,6,11-12H2,1-5H3,(H,23,24)(H2,20,21,22);1H. The van der Waals surface area contributed by atoms with Gasteiger partial charge in [-0.3, -0.25) is 4.79 Å². The SMILES string of the molecule is CCNC(=NCC(=O)Nc1cccc(F)c1)NCC(OC)C(C)(C)C.I. The van der Waals surface area contributed by atoms with Crippen LogP contribution in [0.4, 0.5) is 10.1 Å². The Labute approximate surface area is 172 Å². The number of ether oxygens (including phenoxy) is 1. The molecule has 0 aliphatic heterocycles. The summed E-state index contributed by atoms with van der Waals surface area (Å²) in [6.07, 6.45) is -0.00234. The molecule has 3 N–H and O–H groups in total. The van der Waals surface area contributed by atoms with E-state index in [1.807, 2.05) is 6.92 Å². The lowest BCUT2D eigenvalue weighted by Crippen LogP contribution is -2.45. The molecule has 0 saturated heterocycles. The zero-order valence-electron chi connectivity index (χ0n) is 16.1. The van der Waals surface area contributed by atoms with E-state index >= 15 is 0 Å². The first-order chi connectivity index (χ1) is 11.8. The summed E-state index contributed by atoms with van der Waals surface area (Å²) in [5.74, 6) is -0.186. The van der Waals surface area contributed by atoms with Gasteiger partial charge < -0.3 is 20.7 Å². The van der Waals surface area contributed by atoms with Gasteiger partial charge in [0.15, 0.2) is 5.96 Å². The number of carbonyl (C=O) groups excluding carboxylic acids is 1. The highest BCUT2D eigenvalue weighted by Crippen LogP contribution is 2.20. The van der Waals surface area contributed by atoms with Crippen molar-refractivity contribution in [3.05, 3.63) is 30.1 Å². The molecule has 0 aliphatic carbocycles. The Balaban J connectivity index is 0.00000625. The van der Waals surface area contributed by atoms with Crippen molar-refractivity contribution >= 4 is 41.5 Å². The number of amides is 1. The van der Waals surface area contributed by atoms with E-state index in [1.165, 1.54) is 18.2 Å². The molecular formula is C18H30FIN4O2. The second-order valence-electron chi connectivity index (χ2n) is 6.72. The predicted octanol–water partition coefficient (Wildman–Crippen LogP) is 3.00. The zero-order valence-corrected chi connectivity index (χ0v) is 18.4. The Hall–Kier alpha value is -1.42. The number of anilines is 1. The number of hydrogen-bond donors (Lipinski definition) is 3. The Bertz CT molecular complexity index is 591. The number of methoxy groups -OCH3 is 1. The van der Waals surface area contributed by atoms with E-state index in [2.05, 4.69) is 41.7 Å². The fourth-order valence-electron chi connectivity index (χ4n) is 2.19. The molecule has 0 fully saturated rings. The van der Waals surface area contributed by atoms with Gasteiger partial charge in [0, 0.05) is 25.9 Å². The summed E-state index contributed by atoms with van der Waals surface area (Å²) in [5, 5.41) is 8.88. The fourth-order valence-corrected chi connectivity index (χ4v) is 2.19. The van der Waals surface area contributed by atoms with Crippen molar-refractivity contribution in [2.45, 2.75) is 33.8 Å². The number of halogens is 2. The highest BCUT2D eigenvalue weighted by atomic mass is 127. The van der Waals surface area contributed by atoms with Crippen LogP contribution in [0.25, 0.3) is 0 Å². The Morgan fingerprint density at radius 1 is 1.31 bits per heavy atom. The number of benzene rings is 1. The van der Waals surface area contributed by atoms with E-state index in [9.17, 15) is 9.18 Å². The normalized spacial score (nSPS) is 12.8. The summed E-state index contributed by atoms with van der Waals surface area (Å²) < 4.78 is 18.6. The lowest BCUT2D eigenvalue weighted by atomic mass is 9.89. The molecule has 1 rings (SSSR count). The van der Waals surface area contributed by atoms with Crippen LogP contribution in [-0.4, -0.2) is 44.7 Å². The van der Waals surface area contributed by atoms with Crippen molar-refractivity contribution in [3.8, 4) is 0 Å². The molecular weight excluding hydrogens is 450 g/mol. The molecule has 1 amide bonds. The molecule has 6 nitrogen and oxygen atoms in total. The third kappa shape index (κ3) is 9.33. The van der Waals surface area contributed by atoms with Gasteiger partial charge in [-0.2, -0.15) is 0 Å². The summed E-state index contributed by atoms with van der Waals surface area (Å²) in [6, 6.07) is 5.75. The minimum atomic E-state index is -0.399. The topological polar surface area (TPSA) is 74.8 Å². The van der Waals surface area contributed by atoms with E-state index in [4.69, 9.17) is 4.74 Å². The van der Waals surface area contributed by atoms with Gasteiger partial charge in [0.25, 0.3) is 0 Å². The molecule has 0 heterocycles. The van der Waals surface area contributed by atoms with Gasteiger partial charge in [-0.25, -0.2) is 9.38 Å². The first-order valence-corrected chi connectivity index (χ1v) is 8.36. The number of nitrogens with one attached hydrogen (secondary N) is 3. The molecule has 26 heavy (non-hydrogen) atoms. The van der Waals surface area contributed by atoms with Crippen molar-refractivity contribution in [2.75, 3.05) is 32.1 Å². The second-order valence-corrected chi connectivity index (χ2v) is 6.72. The summed E-state index contributed by atoms with van der Waals surface area (Å²) in [7, 11) is 1.67. The molecule has 0 radical (unpaired) electrons. The van der Waals surface area contributed by atoms with Crippen LogP contribution in [0.2, 0.25) is 0 Å². The number of guanidine groups is 1. The Morgan fingerprint density at radius 2 is 2.00 bits per heavy atom. The molecule has 0 bridgehead atoms. The molecule has 1 atom stereocenters. The highest BCUT2D eigenvalue weighted by Gasteiger charge is 2.24. The van der Waals surface area contributed by atoms with Gasteiger partial charge in [0.2, 0.25) is 5.91 Å². The fraction of sp³-hybridized carbons (Fsp3) is 0.556. The maximum atomic E-state index is 13.1. The second kappa shape index (κ2) is 12.1. The Kier molecular flexibility index (Phi) is 11.4. The number of aliphatic imine (C=N–C) groups is 1. The van der Waals surface area contributed by atoms with Crippen LogP contribution in [0.5, 0.6) is 0 Å². The third-order valence-electron chi connectivity index (χ3n) is 3.54. The smallest absolute Gasteiger partial charge is 0.246 e. The quantitative estimate of drug-likeness (QED) is 0.319. The number of rotatable bonds is 7. The predicted molar refractivity (Wildman–Crippen MR) is 115 cm³/mol. The number of carbonyl (C=O) groups is 1. The first kappa shape index (κ1) is 24.6. The minimum Gasteiger partial charge on any atom is -0.379 e. The number of nitrogens with zero attached hydrogens (tertiary/aromatic N) is 1. The van der Waals surface area contributed by atoms with Crippen molar-refractivity contribution in [1.29, 1.82) is 0 Å². The summed E-state index contributed by atoms with van der Waals surface area (Å²) in [5.41, 5.74) is 0.388. The molecule has 1 aromatic rings. The van der Waals surface area contributed by atoms with E-state index in [0.29, 0.717) is 24.7 Å². The van der Waals surface area contributed by atoms with E-state index < -0.39 is 5.82 Å². The van der Waals surface area contributed by atoms with Gasteiger partial charge in [-0.05, 0) is 30.5 Å². The maximum absolute atomic E-state index is 13.1. The third-order valence-corrected chi connectivity index (χ3v) is 3.54. The van der Waals surface area contributed by atoms with Crippen LogP contribution in [0.1, 0.15) is 27.7 Å². The van der Waals surface area contributed by atoms with Crippen molar-refractivity contribution in [3.63, 3.8) is 0 Å². The number of hydrogen-bond acceptors (Lipinski definition) is 3. The highest BCUT2D eigenvalue weighted by molar-refractivity contribution is 14.0. The van der Waals surface area contributed by atoms with Crippen LogP contribution in [0.3, 0.4) is 0 Å². The minimum absolute atomic E-state index is 0. The summed E-state index contributed by atoms with van der Waals surface area (Å²) in [6.45, 7) is 9.40. The molecule has 148 valence electrons. The first-order valence-electron chi connectivity index (χ1n) is 8.36. The van der Waals surface area contributed by atoms with Gasteiger partial charge in [0.05, 0.1) is 6.10 Å². The van der Waals surface area contributed by atoms with Crippen LogP contribution in [-0.2, 0) is 9.53 Å². The average Bonchev–Trinajstić information content (AvgIpc) is 2.51. The molecule has 0 aromatic heterocycles. The molecule has 0 spiro atoms. The van der Waals surface area contributed by atoms with Crippen LogP contribution >= 0.6 is 24.0 Å².